The van der Waals surface area contributed by atoms with Crippen LogP contribution in [0.4, 0.5) is 0 Å². The van der Waals surface area contributed by atoms with Crippen LogP contribution in [0.15, 0.2) is 0 Å². The second-order valence-corrected chi connectivity index (χ2v) is 34.5. The molecule has 5 nitrogen and oxygen atoms in total. The van der Waals surface area contributed by atoms with Gasteiger partial charge in [0.2, 0.25) is 0 Å². The van der Waals surface area contributed by atoms with E-state index >= 15 is 0 Å². The fourth-order valence-electron chi connectivity index (χ4n) is 26.5. The summed E-state index contributed by atoms with van der Waals surface area (Å²) < 4.78 is 0. The molecule has 11 saturated carbocycles. The van der Waals surface area contributed by atoms with Gasteiger partial charge < -0.3 is 10.6 Å². The van der Waals surface area contributed by atoms with E-state index in [0.29, 0.717) is 11.6 Å². The first-order valence-electron chi connectivity index (χ1n) is 39.2. The van der Waals surface area contributed by atoms with Crippen molar-refractivity contribution in [3.63, 3.8) is 0 Å². The Labute approximate surface area is 507 Å². The van der Waals surface area contributed by atoms with Crippen LogP contribution in [0, 0.1) is 82.3 Å². The Bertz CT molecular complexity index is 1880. The molecule has 466 valence electrons. The highest BCUT2D eigenvalue weighted by molar-refractivity contribution is 5.11. The average Bonchev–Trinajstić information content (AvgIpc) is 3.73. The molecule has 9 atom stereocenters. The van der Waals surface area contributed by atoms with Gasteiger partial charge in [-0.3, -0.25) is 14.7 Å². The second-order valence-electron chi connectivity index (χ2n) is 34.5. The lowest BCUT2D eigenvalue weighted by atomic mass is 9.50. The zero-order valence-corrected chi connectivity index (χ0v) is 54.2. The van der Waals surface area contributed by atoms with Crippen LogP contribution < -0.4 is 10.6 Å². The molecule has 14 rings (SSSR count). The van der Waals surface area contributed by atoms with Gasteiger partial charge in [-0.25, -0.2) is 0 Å². The minimum absolute atomic E-state index is 0.490. The molecular weight excluding hydrogens is 995 g/mol. The van der Waals surface area contributed by atoms with Crippen LogP contribution in [-0.4, -0.2) is 88.3 Å². The van der Waals surface area contributed by atoms with Gasteiger partial charge in [-0.1, -0.05) is 90.9 Å². The highest BCUT2D eigenvalue weighted by Gasteiger charge is 2.59. The Hall–Kier alpha value is -0.200. The SMILES string of the molecule is CC1(C)C2CC(C3CCC(N(C4CCCCC4)C4CCCCC4)CC3)CCC2N(C2CCCCC2)C2CCC(C3CCC(N(C4CCCCC4)C4CCC(C5CCC(C6CCC(C7CCNC8NCCCC87)CC6)CC5)CC4)CC3)CC21. The summed E-state index contributed by atoms with van der Waals surface area (Å²) in [4.78, 5) is 10.0. The summed E-state index contributed by atoms with van der Waals surface area (Å²) in [7, 11) is 0. The first-order chi connectivity index (χ1) is 40.4. The standard InChI is InChI=1S/C77H133N5/c1-77(2)72-52-61(58-35-43-67(44-36-58)80(63-16-7-3-8-17-63)64-18-9-4-10-19-64)39-47-74(72)82(66-22-13-6-14-23-66)75-48-40-62(53-73(75)77)59-37-45-69(46-38-59)81(65-20-11-5-12-21-65)68-41-33-57(34-42-68)55-27-25-54(26-28-55)56-29-31-60(32-30-56)70-49-51-79-76-71(70)24-15-50-78-76/h54-76,78-79H,3-53H2,1-2H3. The summed E-state index contributed by atoms with van der Waals surface area (Å²) in [5.41, 5.74) is 0.490. The summed E-state index contributed by atoms with van der Waals surface area (Å²) in [6, 6.07) is 8.11. The second kappa shape index (κ2) is 27.5. The zero-order valence-electron chi connectivity index (χ0n) is 54.2. The molecule has 0 spiro atoms. The quantitative estimate of drug-likeness (QED) is 0.204. The molecule has 0 amide bonds. The van der Waals surface area contributed by atoms with Gasteiger partial charge in [0.05, 0.1) is 6.17 Å². The van der Waals surface area contributed by atoms with Crippen molar-refractivity contribution in [3.8, 4) is 0 Å². The molecule has 5 heteroatoms. The van der Waals surface area contributed by atoms with Crippen LogP contribution in [0.2, 0.25) is 0 Å². The first-order valence-corrected chi connectivity index (χ1v) is 39.2. The lowest BCUT2D eigenvalue weighted by Gasteiger charge is -2.65. The lowest BCUT2D eigenvalue weighted by Crippen LogP contribution is -2.67. The fourth-order valence-corrected chi connectivity index (χ4v) is 26.5. The number of nitrogens with one attached hydrogen (secondary N) is 2. The van der Waals surface area contributed by atoms with E-state index < -0.39 is 0 Å². The number of nitrogens with zero attached hydrogens (tertiary/aromatic N) is 3. The van der Waals surface area contributed by atoms with Crippen LogP contribution in [0.1, 0.15) is 328 Å². The largest absolute Gasteiger partial charge is 0.302 e. The Balaban J connectivity index is 0.577. The minimum atomic E-state index is 0.490. The zero-order chi connectivity index (χ0) is 55.0. The molecule has 2 N–H and O–H groups in total. The van der Waals surface area contributed by atoms with Crippen molar-refractivity contribution in [2.24, 2.45) is 82.3 Å². The maximum Gasteiger partial charge on any atom is 0.0603 e. The van der Waals surface area contributed by atoms with Crippen LogP contribution >= 0.6 is 0 Å². The van der Waals surface area contributed by atoms with Gasteiger partial charge in [0, 0.05) is 54.4 Å². The smallest absolute Gasteiger partial charge is 0.0603 e. The van der Waals surface area contributed by atoms with Crippen LogP contribution in [0.5, 0.6) is 0 Å². The predicted molar refractivity (Wildman–Crippen MR) is 345 cm³/mol. The monoisotopic (exact) mass is 1130 g/mol. The number of fused-ring (bicyclic) bond motifs is 3. The minimum Gasteiger partial charge on any atom is -0.302 e. The highest BCUT2D eigenvalue weighted by Crippen LogP contribution is 2.61. The molecule has 82 heavy (non-hydrogen) atoms. The average molecular weight is 1130 g/mol. The topological polar surface area (TPSA) is 33.8 Å². The molecular formula is C77H133N5. The van der Waals surface area contributed by atoms with Crippen LogP contribution in [-0.2, 0) is 0 Å². The summed E-state index contributed by atoms with van der Waals surface area (Å²) in [5.74, 6) is 13.1. The number of piperidine rings is 3. The molecule has 14 fully saturated rings. The Morgan fingerprint density at radius 2 is 0.610 bits per heavy atom. The summed E-state index contributed by atoms with van der Waals surface area (Å²) in [6.45, 7) is 8.29. The fraction of sp³-hybridized carbons (Fsp3) is 1.00. The molecule has 0 aromatic carbocycles. The van der Waals surface area contributed by atoms with E-state index in [4.69, 9.17) is 0 Å². The van der Waals surface area contributed by atoms with Crippen molar-refractivity contribution < 1.29 is 0 Å². The Kier molecular flexibility index (Phi) is 19.9. The summed E-state index contributed by atoms with van der Waals surface area (Å²) in [6.07, 6.45) is 75.7. The maximum atomic E-state index is 3.86. The Morgan fingerprint density at radius 3 is 1.02 bits per heavy atom. The molecule has 0 aromatic heterocycles. The van der Waals surface area contributed by atoms with Gasteiger partial charge in [-0.15, -0.1) is 0 Å². The molecule has 0 aromatic rings. The van der Waals surface area contributed by atoms with E-state index in [1.807, 2.05) is 0 Å². The summed E-state index contributed by atoms with van der Waals surface area (Å²) >= 11 is 0. The van der Waals surface area contributed by atoms with Gasteiger partial charge in [0.15, 0.2) is 0 Å². The van der Waals surface area contributed by atoms with Gasteiger partial charge in [0.1, 0.15) is 0 Å². The third-order valence-electron chi connectivity index (χ3n) is 30.7. The van der Waals surface area contributed by atoms with E-state index in [-0.39, 0.29) is 0 Å². The van der Waals surface area contributed by atoms with E-state index in [9.17, 15) is 0 Å². The van der Waals surface area contributed by atoms with Crippen LogP contribution in [0.3, 0.4) is 0 Å². The number of rotatable bonds is 12. The van der Waals surface area contributed by atoms with Gasteiger partial charge >= 0.3 is 0 Å². The predicted octanol–water partition coefficient (Wildman–Crippen LogP) is 19.1. The van der Waals surface area contributed by atoms with Crippen molar-refractivity contribution in [2.45, 2.75) is 389 Å². The molecule has 3 aliphatic heterocycles. The highest BCUT2D eigenvalue weighted by atomic mass is 15.3. The Morgan fingerprint density at radius 1 is 0.280 bits per heavy atom. The molecule has 14 aliphatic rings. The summed E-state index contributed by atoms with van der Waals surface area (Å²) in [5, 5.41) is 7.71. The normalized spacial score (nSPS) is 45.7. The number of hydrogen-bond acceptors (Lipinski definition) is 5. The van der Waals surface area contributed by atoms with Crippen molar-refractivity contribution in [2.75, 3.05) is 13.1 Å². The molecule has 3 saturated heterocycles. The first kappa shape index (κ1) is 59.4. The van der Waals surface area contributed by atoms with E-state index in [1.54, 1.807) is 154 Å². The molecule has 3 heterocycles. The third kappa shape index (κ3) is 12.8. The van der Waals surface area contributed by atoms with Gasteiger partial charge in [0.25, 0.3) is 0 Å². The molecule has 9 unspecified atom stereocenters. The van der Waals surface area contributed by atoms with E-state index in [1.165, 1.54) is 174 Å². The number of likely N-dealkylation sites (tertiary alicyclic amines) is 1. The lowest BCUT2D eigenvalue weighted by molar-refractivity contribution is -0.161. The molecule has 0 bridgehead atoms. The van der Waals surface area contributed by atoms with Crippen LogP contribution in [0.25, 0.3) is 0 Å². The van der Waals surface area contributed by atoms with Crippen molar-refractivity contribution >= 4 is 0 Å². The van der Waals surface area contributed by atoms with Crippen molar-refractivity contribution in [1.82, 2.24) is 25.3 Å². The van der Waals surface area contributed by atoms with Crippen molar-refractivity contribution in [1.29, 1.82) is 0 Å². The van der Waals surface area contributed by atoms with E-state index in [2.05, 4.69) is 39.2 Å². The van der Waals surface area contributed by atoms with Gasteiger partial charge in [-0.05, 0) is 333 Å². The molecule has 11 aliphatic carbocycles. The van der Waals surface area contributed by atoms with E-state index in [0.717, 1.165) is 131 Å². The number of hydrogen-bond donors (Lipinski definition) is 2. The maximum absolute atomic E-state index is 3.86. The van der Waals surface area contributed by atoms with Crippen molar-refractivity contribution in [3.05, 3.63) is 0 Å². The third-order valence-corrected chi connectivity index (χ3v) is 30.7. The van der Waals surface area contributed by atoms with Gasteiger partial charge in [-0.2, -0.15) is 0 Å². The molecule has 0 radical (unpaired) electrons.